The van der Waals surface area contributed by atoms with E-state index in [9.17, 15) is 4.79 Å². The number of hydrogen-bond donors (Lipinski definition) is 1. The number of thiophene rings is 1. The highest BCUT2D eigenvalue weighted by Crippen LogP contribution is 2.37. The molecular weight excluding hydrogens is 463 g/mol. The number of carbonyl (C=O) groups is 1. The van der Waals surface area contributed by atoms with E-state index in [4.69, 9.17) is 27.6 Å². The molecule has 0 aliphatic rings. The average molecular weight is 481 g/mol. The van der Waals surface area contributed by atoms with Crippen molar-refractivity contribution in [2.75, 3.05) is 5.32 Å². The van der Waals surface area contributed by atoms with E-state index in [2.05, 4.69) is 24.1 Å². The van der Waals surface area contributed by atoms with Gasteiger partial charge in [-0.2, -0.15) is 0 Å². The standard InChI is InChI=1S/C25H18Cl2N2O2S/c1-13(2)14-8-10-20-19(11-14)29-25(31-20)15-7-9-17(26)18(12-15)28-24(30)23-22(27)16-5-3-4-6-21(16)32-23/h3-13H,1-2H3,(H,28,30). The van der Waals surface area contributed by atoms with Gasteiger partial charge in [-0.1, -0.05) is 61.3 Å². The Morgan fingerprint density at radius 3 is 2.66 bits per heavy atom. The summed E-state index contributed by atoms with van der Waals surface area (Å²) in [5.41, 5.74) is 3.88. The van der Waals surface area contributed by atoms with Gasteiger partial charge in [0, 0.05) is 15.6 Å². The molecule has 0 aliphatic carbocycles. The molecule has 3 aromatic carbocycles. The molecular formula is C25H18Cl2N2O2S. The number of benzene rings is 3. The van der Waals surface area contributed by atoms with Crippen LogP contribution >= 0.6 is 34.5 Å². The van der Waals surface area contributed by atoms with Gasteiger partial charge in [-0.05, 0) is 47.9 Å². The van der Waals surface area contributed by atoms with E-state index >= 15 is 0 Å². The first kappa shape index (κ1) is 21.0. The van der Waals surface area contributed by atoms with Crippen LogP contribution in [0.15, 0.2) is 65.1 Å². The van der Waals surface area contributed by atoms with Gasteiger partial charge in [0.15, 0.2) is 5.58 Å². The first-order valence-corrected chi connectivity index (χ1v) is 11.7. The van der Waals surface area contributed by atoms with Crippen LogP contribution in [0.25, 0.3) is 32.6 Å². The topological polar surface area (TPSA) is 55.1 Å². The molecule has 2 heterocycles. The SMILES string of the molecule is CC(C)c1ccc2oc(-c3ccc(Cl)c(NC(=O)c4sc5ccccc5c4Cl)c3)nc2c1. The Morgan fingerprint density at radius 2 is 1.88 bits per heavy atom. The third-order valence-electron chi connectivity index (χ3n) is 5.28. The average Bonchev–Trinajstić information content (AvgIpc) is 3.36. The molecule has 0 radical (unpaired) electrons. The third-order valence-corrected chi connectivity index (χ3v) is 7.28. The van der Waals surface area contributed by atoms with Crippen LogP contribution in [0.5, 0.6) is 0 Å². The molecule has 0 bridgehead atoms. The highest BCUT2D eigenvalue weighted by atomic mass is 35.5. The first-order chi connectivity index (χ1) is 15.4. The summed E-state index contributed by atoms with van der Waals surface area (Å²) in [4.78, 5) is 18.0. The third kappa shape index (κ3) is 3.77. The molecule has 7 heteroatoms. The van der Waals surface area contributed by atoms with Crippen molar-refractivity contribution in [1.82, 2.24) is 4.98 Å². The van der Waals surface area contributed by atoms with Gasteiger partial charge in [-0.15, -0.1) is 11.3 Å². The van der Waals surface area contributed by atoms with Crippen molar-refractivity contribution < 1.29 is 9.21 Å². The molecule has 160 valence electrons. The molecule has 5 aromatic rings. The van der Waals surface area contributed by atoms with E-state index in [0.29, 0.717) is 38.0 Å². The Labute approximate surface area is 198 Å². The predicted molar refractivity (Wildman–Crippen MR) is 133 cm³/mol. The molecule has 0 saturated carbocycles. The Kier molecular flexibility index (Phi) is 5.41. The molecule has 0 atom stereocenters. The number of anilines is 1. The van der Waals surface area contributed by atoms with E-state index in [-0.39, 0.29) is 5.91 Å². The van der Waals surface area contributed by atoms with Gasteiger partial charge in [-0.25, -0.2) is 4.98 Å². The lowest BCUT2D eigenvalue weighted by atomic mass is 10.0. The molecule has 1 N–H and O–H groups in total. The normalized spacial score (nSPS) is 11.5. The van der Waals surface area contributed by atoms with E-state index in [1.807, 2.05) is 48.5 Å². The summed E-state index contributed by atoms with van der Waals surface area (Å²) in [6, 6.07) is 19.0. The van der Waals surface area contributed by atoms with E-state index in [1.165, 1.54) is 16.9 Å². The number of aromatic nitrogens is 1. The van der Waals surface area contributed by atoms with Gasteiger partial charge in [-0.3, -0.25) is 4.79 Å². The minimum atomic E-state index is -0.311. The highest BCUT2D eigenvalue weighted by Gasteiger charge is 2.19. The first-order valence-electron chi connectivity index (χ1n) is 10.1. The Balaban J connectivity index is 1.48. The Bertz CT molecular complexity index is 1490. The maximum Gasteiger partial charge on any atom is 0.267 e. The summed E-state index contributed by atoms with van der Waals surface area (Å²) >= 11 is 14.2. The zero-order valence-corrected chi connectivity index (χ0v) is 19.6. The quantitative estimate of drug-likeness (QED) is 0.280. The molecule has 32 heavy (non-hydrogen) atoms. The number of hydrogen-bond acceptors (Lipinski definition) is 4. The number of fused-ring (bicyclic) bond motifs is 2. The Morgan fingerprint density at radius 1 is 1.06 bits per heavy atom. The van der Waals surface area contributed by atoms with E-state index in [1.54, 1.807) is 12.1 Å². The molecule has 0 spiro atoms. The van der Waals surface area contributed by atoms with Crippen molar-refractivity contribution in [2.45, 2.75) is 19.8 Å². The van der Waals surface area contributed by atoms with Crippen molar-refractivity contribution in [1.29, 1.82) is 0 Å². The second-order valence-electron chi connectivity index (χ2n) is 7.79. The van der Waals surface area contributed by atoms with Crippen LogP contribution < -0.4 is 5.32 Å². The maximum atomic E-state index is 13.0. The smallest absolute Gasteiger partial charge is 0.267 e. The van der Waals surface area contributed by atoms with Crippen molar-refractivity contribution in [3.63, 3.8) is 0 Å². The van der Waals surface area contributed by atoms with E-state index < -0.39 is 0 Å². The van der Waals surface area contributed by atoms with Crippen molar-refractivity contribution in [3.8, 4) is 11.5 Å². The predicted octanol–water partition coefficient (Wildman–Crippen LogP) is 8.39. The minimum Gasteiger partial charge on any atom is -0.436 e. The summed E-state index contributed by atoms with van der Waals surface area (Å²) in [6.45, 7) is 4.28. The fourth-order valence-corrected chi connectivity index (χ4v) is 5.10. The molecule has 0 saturated heterocycles. The van der Waals surface area contributed by atoms with Crippen LogP contribution in [-0.4, -0.2) is 10.9 Å². The lowest BCUT2D eigenvalue weighted by Crippen LogP contribution is -2.11. The number of nitrogens with zero attached hydrogens (tertiary/aromatic N) is 1. The van der Waals surface area contributed by atoms with Crippen molar-refractivity contribution in [2.24, 2.45) is 0 Å². The molecule has 0 unspecified atom stereocenters. The fourth-order valence-electron chi connectivity index (χ4n) is 3.52. The van der Waals surface area contributed by atoms with Gasteiger partial charge < -0.3 is 9.73 Å². The summed E-state index contributed by atoms with van der Waals surface area (Å²) in [5, 5.41) is 4.59. The zero-order valence-electron chi connectivity index (χ0n) is 17.3. The van der Waals surface area contributed by atoms with E-state index in [0.717, 1.165) is 21.2 Å². The second-order valence-corrected chi connectivity index (χ2v) is 9.63. The summed E-state index contributed by atoms with van der Waals surface area (Å²) in [7, 11) is 0. The number of rotatable bonds is 4. The van der Waals surface area contributed by atoms with Crippen LogP contribution in [0.4, 0.5) is 5.69 Å². The monoisotopic (exact) mass is 480 g/mol. The largest absolute Gasteiger partial charge is 0.436 e. The van der Waals surface area contributed by atoms with Crippen LogP contribution in [0.1, 0.15) is 35.0 Å². The highest BCUT2D eigenvalue weighted by molar-refractivity contribution is 7.21. The van der Waals surface area contributed by atoms with Crippen LogP contribution in [0.3, 0.4) is 0 Å². The molecule has 4 nitrogen and oxygen atoms in total. The minimum absolute atomic E-state index is 0.311. The number of oxazole rings is 1. The molecule has 0 fully saturated rings. The maximum absolute atomic E-state index is 13.0. The zero-order chi connectivity index (χ0) is 22.4. The molecule has 2 aromatic heterocycles. The van der Waals surface area contributed by atoms with Gasteiger partial charge in [0.1, 0.15) is 10.4 Å². The van der Waals surface area contributed by atoms with Crippen molar-refractivity contribution in [3.05, 3.63) is 81.1 Å². The number of halogens is 2. The van der Waals surface area contributed by atoms with Crippen molar-refractivity contribution >= 4 is 67.3 Å². The van der Waals surface area contributed by atoms with Gasteiger partial charge in [0.25, 0.3) is 5.91 Å². The molecule has 5 rings (SSSR count). The van der Waals surface area contributed by atoms with Crippen LogP contribution in [0, 0.1) is 0 Å². The molecule has 1 amide bonds. The summed E-state index contributed by atoms with van der Waals surface area (Å²) < 4.78 is 6.90. The second kappa shape index (κ2) is 8.24. The van der Waals surface area contributed by atoms with Gasteiger partial charge >= 0.3 is 0 Å². The number of nitrogens with one attached hydrogen (secondary N) is 1. The fraction of sp³-hybridized carbons (Fsp3) is 0.120. The summed E-state index contributed by atoms with van der Waals surface area (Å²) in [6.07, 6.45) is 0. The lowest BCUT2D eigenvalue weighted by molar-refractivity contribution is 0.103. The summed E-state index contributed by atoms with van der Waals surface area (Å²) in [5.74, 6) is 0.556. The lowest BCUT2D eigenvalue weighted by Gasteiger charge is -2.08. The van der Waals surface area contributed by atoms with Crippen LogP contribution in [-0.2, 0) is 0 Å². The Hall–Kier alpha value is -2.86. The molecule has 0 aliphatic heterocycles. The number of carbonyl (C=O) groups excluding carboxylic acids is 1. The van der Waals surface area contributed by atoms with Gasteiger partial charge in [0.05, 0.1) is 15.7 Å². The van der Waals surface area contributed by atoms with Gasteiger partial charge in [0.2, 0.25) is 5.89 Å². The number of amides is 1. The van der Waals surface area contributed by atoms with Crippen LogP contribution in [0.2, 0.25) is 10.0 Å².